The molecule has 83 heavy (non-hydrogen) atoms. The number of rotatable bonds is 20. The van der Waals surface area contributed by atoms with Crippen LogP contribution in [0.4, 0.5) is 33.1 Å². The summed E-state index contributed by atoms with van der Waals surface area (Å²) in [5, 5.41) is 28.2. The normalized spacial score (nSPS) is 18.3. The number of piperazine rings is 1. The highest BCUT2D eigenvalue weighted by molar-refractivity contribution is 5.92. The van der Waals surface area contributed by atoms with Gasteiger partial charge in [-0.25, -0.2) is 42.1 Å². The number of hydrogen-bond acceptors (Lipinski definition) is 15. The quantitative estimate of drug-likeness (QED) is 0.0390. The first-order valence-electron chi connectivity index (χ1n) is 27.4. The van der Waals surface area contributed by atoms with E-state index in [1.807, 2.05) is 0 Å². The predicted molar refractivity (Wildman–Crippen MR) is 298 cm³/mol. The van der Waals surface area contributed by atoms with Crippen molar-refractivity contribution in [3.05, 3.63) is 94.9 Å². The van der Waals surface area contributed by atoms with E-state index < -0.39 is 120 Å². The molecule has 4 saturated heterocycles. The Morgan fingerprint density at radius 1 is 0.747 bits per heavy atom. The number of nitrogens with zero attached hydrogens (tertiary/aromatic N) is 7. The van der Waals surface area contributed by atoms with Crippen LogP contribution < -0.4 is 31.6 Å². The van der Waals surface area contributed by atoms with Crippen molar-refractivity contribution in [3.8, 4) is 23.1 Å². The molecular formula is C58H76F4N12O9. The number of piperidine rings is 1. The second-order valence-electron chi connectivity index (χ2n) is 24.5. The van der Waals surface area contributed by atoms with E-state index in [0.717, 1.165) is 68.8 Å². The molecule has 8 rings (SSSR count). The Bertz CT molecular complexity index is 2970. The Labute approximate surface area is 480 Å². The van der Waals surface area contributed by atoms with E-state index in [1.165, 1.54) is 12.3 Å². The fraction of sp³-hybridized carbons (Fsp3) is 0.552. The largest absolute Gasteiger partial charge is 0.453 e. The van der Waals surface area contributed by atoms with Crippen molar-refractivity contribution < 1.29 is 60.9 Å². The minimum absolute atomic E-state index is 0.00515. The number of hydrogen-bond donors (Lipinski definition) is 6. The van der Waals surface area contributed by atoms with Gasteiger partial charge in [0.15, 0.2) is 0 Å². The predicted octanol–water partition coefficient (Wildman–Crippen LogP) is 4.94. The number of alkyl carbamates (subject to hydrolysis) is 2. The number of carbonyl (C=O) groups is 5. The molecule has 7 atom stereocenters. The van der Waals surface area contributed by atoms with Gasteiger partial charge in [0.1, 0.15) is 36.3 Å². The highest BCUT2D eigenvalue weighted by atomic mass is 19.3. The number of alkyl halides is 2. The summed E-state index contributed by atoms with van der Waals surface area (Å²) in [5.41, 5.74) is 0.904. The van der Waals surface area contributed by atoms with E-state index in [-0.39, 0.29) is 17.7 Å². The number of aliphatic hydroxyl groups is 1. The number of amides is 5. The van der Waals surface area contributed by atoms with Gasteiger partial charge in [0.05, 0.1) is 56.9 Å². The number of aromatic nitrogens is 4. The van der Waals surface area contributed by atoms with E-state index in [4.69, 9.17) is 14.2 Å². The van der Waals surface area contributed by atoms with Gasteiger partial charge in [0.2, 0.25) is 17.8 Å². The van der Waals surface area contributed by atoms with E-state index in [1.54, 1.807) is 99.0 Å². The number of hydrazine groups is 1. The molecule has 4 aliphatic rings. The number of ether oxygens (including phenoxy) is 3. The molecule has 5 amide bonds. The molecule has 2 aromatic carbocycles. The Morgan fingerprint density at radius 2 is 1.28 bits per heavy atom. The molecule has 6 heterocycles. The molecule has 0 saturated carbocycles. The van der Waals surface area contributed by atoms with Gasteiger partial charge in [0, 0.05) is 73.5 Å². The topological polar surface area (TPSA) is 247 Å². The third-order valence-corrected chi connectivity index (χ3v) is 14.8. The molecule has 4 fully saturated rings. The molecule has 0 aliphatic carbocycles. The second-order valence-corrected chi connectivity index (χ2v) is 24.5. The zero-order chi connectivity index (χ0) is 60.7. The summed E-state index contributed by atoms with van der Waals surface area (Å²) in [5.74, 6) is 2.31. The number of aliphatic hydroxyl groups excluding tert-OH is 1. The van der Waals surface area contributed by atoms with Gasteiger partial charge in [-0.2, -0.15) is 5.10 Å². The number of nitrogens with one attached hydrogen (secondary N) is 5. The summed E-state index contributed by atoms with van der Waals surface area (Å²) >= 11 is 0. The molecule has 2 bridgehead atoms. The SMILES string of the molecule is COC(=O)N[C@H](C(=O)NC(C(=O)N[C@@H](Cc1ccc(C#Cc2cnc(N3CC4CC(C3)N4C3COC3)nc2)cc1)[C@@H](O)CN(Cc1c(F)cc(-c2ccn(CC(F)F)n2)cc1F)NC(=O)[C@@H](NC(=O)OC)C(C)(C)C)C(C)(C)C)C(C)(C)C. The number of carbonyl (C=O) groups excluding carboxylic acids is 5. The number of methoxy groups -OCH3 is 2. The van der Waals surface area contributed by atoms with Crippen LogP contribution in [0, 0.1) is 39.7 Å². The average Bonchev–Trinajstić information content (AvgIpc) is 1.87. The summed E-state index contributed by atoms with van der Waals surface area (Å²) < 4.78 is 74.7. The first-order valence-corrected chi connectivity index (χ1v) is 27.4. The minimum atomic E-state index is -2.74. The zero-order valence-corrected chi connectivity index (χ0v) is 48.7. The van der Waals surface area contributed by atoms with Gasteiger partial charge in [-0.15, -0.1) is 0 Å². The Hall–Kier alpha value is -7.40. The van der Waals surface area contributed by atoms with E-state index in [0.29, 0.717) is 40.8 Å². The maximum atomic E-state index is 16.3. The second kappa shape index (κ2) is 26.5. The summed E-state index contributed by atoms with van der Waals surface area (Å²) in [6.45, 7) is 16.3. The molecule has 4 aliphatic heterocycles. The van der Waals surface area contributed by atoms with Gasteiger partial charge in [0.25, 0.3) is 12.3 Å². The van der Waals surface area contributed by atoms with Crippen molar-refractivity contribution >= 4 is 35.9 Å². The molecule has 0 radical (unpaired) electrons. The molecule has 0 spiro atoms. The van der Waals surface area contributed by atoms with Crippen LogP contribution in [-0.4, -0.2) is 167 Å². The van der Waals surface area contributed by atoms with Crippen LogP contribution in [-0.2, 0) is 48.1 Å². The summed E-state index contributed by atoms with van der Waals surface area (Å²) in [6, 6.07) is 6.52. The monoisotopic (exact) mass is 1160 g/mol. The lowest BCUT2D eigenvalue weighted by atomic mass is 9.83. The lowest BCUT2D eigenvalue weighted by Gasteiger charge is -2.60. The first-order chi connectivity index (χ1) is 39.0. The molecule has 2 aromatic heterocycles. The average molecular weight is 1160 g/mol. The van der Waals surface area contributed by atoms with Gasteiger partial charge < -0.3 is 45.5 Å². The van der Waals surface area contributed by atoms with E-state index in [2.05, 4.69) is 63.4 Å². The number of anilines is 1. The number of halogens is 4. The number of benzene rings is 2. The van der Waals surface area contributed by atoms with Crippen LogP contribution in [0.5, 0.6) is 0 Å². The fourth-order valence-corrected chi connectivity index (χ4v) is 10.2. The van der Waals surface area contributed by atoms with Crippen LogP contribution in [0.15, 0.2) is 61.1 Å². The van der Waals surface area contributed by atoms with E-state index >= 15 is 8.78 Å². The van der Waals surface area contributed by atoms with Gasteiger partial charge in [-0.05, 0) is 65.0 Å². The fourth-order valence-electron chi connectivity index (χ4n) is 10.2. The maximum absolute atomic E-state index is 16.3. The number of fused-ring (bicyclic) bond motifs is 2. The molecule has 25 heteroatoms. The Kier molecular flexibility index (Phi) is 20.1. The van der Waals surface area contributed by atoms with Crippen molar-refractivity contribution in [2.24, 2.45) is 16.2 Å². The summed E-state index contributed by atoms with van der Waals surface area (Å²) in [7, 11) is 2.25. The van der Waals surface area contributed by atoms with Crippen molar-refractivity contribution in [1.82, 2.24) is 56.4 Å². The lowest BCUT2D eigenvalue weighted by Crippen LogP contribution is -2.74. The molecule has 6 N–H and O–H groups in total. The van der Waals surface area contributed by atoms with Crippen molar-refractivity contribution in [2.75, 3.05) is 52.0 Å². The maximum Gasteiger partial charge on any atom is 0.407 e. The third-order valence-electron chi connectivity index (χ3n) is 14.8. The highest BCUT2D eigenvalue weighted by Gasteiger charge is 2.50. The molecule has 21 nitrogen and oxygen atoms in total. The van der Waals surface area contributed by atoms with E-state index in [9.17, 15) is 37.9 Å². The third kappa shape index (κ3) is 16.5. The van der Waals surface area contributed by atoms with Gasteiger partial charge in [-0.1, -0.05) is 86.3 Å². The Morgan fingerprint density at radius 3 is 1.80 bits per heavy atom. The van der Waals surface area contributed by atoms with Gasteiger partial charge >= 0.3 is 12.2 Å². The minimum Gasteiger partial charge on any atom is -0.453 e. The van der Waals surface area contributed by atoms with Crippen molar-refractivity contribution in [1.29, 1.82) is 0 Å². The Balaban J connectivity index is 1.17. The highest BCUT2D eigenvalue weighted by Crippen LogP contribution is 2.37. The van der Waals surface area contributed by atoms with Crippen LogP contribution in [0.25, 0.3) is 11.3 Å². The van der Waals surface area contributed by atoms with Crippen LogP contribution in [0.2, 0.25) is 0 Å². The zero-order valence-electron chi connectivity index (χ0n) is 48.7. The molecular weight excluding hydrogens is 1080 g/mol. The molecule has 3 unspecified atom stereocenters. The van der Waals surface area contributed by atoms with Crippen LogP contribution >= 0.6 is 0 Å². The summed E-state index contributed by atoms with van der Waals surface area (Å²) in [6.07, 6.45) is -0.576. The van der Waals surface area contributed by atoms with Crippen molar-refractivity contribution in [2.45, 2.75) is 143 Å². The molecule has 450 valence electrons. The smallest absolute Gasteiger partial charge is 0.407 e. The van der Waals surface area contributed by atoms with Gasteiger partial charge in [-0.3, -0.25) is 29.4 Å². The van der Waals surface area contributed by atoms with Crippen LogP contribution in [0.1, 0.15) is 91.0 Å². The lowest BCUT2D eigenvalue weighted by molar-refractivity contribution is -0.142. The van der Waals surface area contributed by atoms with Crippen molar-refractivity contribution in [3.63, 3.8) is 0 Å². The van der Waals surface area contributed by atoms with Crippen LogP contribution in [0.3, 0.4) is 0 Å². The summed E-state index contributed by atoms with van der Waals surface area (Å²) in [4.78, 5) is 82.0. The molecule has 4 aromatic rings. The first kappa shape index (κ1) is 63.2. The standard InChI is InChI=1S/C58H76F4N12O9/c1-56(2,3)47(66-51(77)48(57(4,5)6)67-54(79)81-10)50(76)65-44(20-34-15-12-33(13-16-34)14-17-35-24-63-53(64-25-35)71-26-37-23-38(27-71)74(37)39-31-83-32-39)45(75)29-73(70-52(78)49(58(7,8)9)68-55(80)82-11)28-40-41(59)21-36(22-42(40)60)43-18-19-72(69-43)30-46(61)62/h12-13,15-16,18-19,21-22,24-25,37-39,44-49,75H,20,23,26-32H2,1-11H3,(H,65,76)(H,66,77)(H,67,79)(H,68,80)(H,70,78)/t37?,38?,44-,45-,47?,48+,49+/m0/s1.